The van der Waals surface area contributed by atoms with Crippen LogP contribution in [0.1, 0.15) is 43.5 Å². The normalized spacial score (nSPS) is 17.6. The van der Waals surface area contributed by atoms with Gasteiger partial charge in [0.05, 0.1) is 13.2 Å². The molecular formula is C24H27N9O4S. The number of hydrogen-bond acceptors (Lipinski definition) is 11. The van der Waals surface area contributed by atoms with Crippen molar-refractivity contribution in [2.45, 2.75) is 18.9 Å². The van der Waals surface area contributed by atoms with E-state index in [1.807, 2.05) is 4.90 Å². The van der Waals surface area contributed by atoms with Gasteiger partial charge in [0, 0.05) is 55.0 Å². The maximum Gasteiger partial charge on any atom is 0.280 e. The third-order valence-electron chi connectivity index (χ3n) is 6.27. The molecule has 0 saturated carbocycles. The number of anilines is 3. The molecule has 3 amide bonds. The van der Waals surface area contributed by atoms with E-state index >= 15 is 0 Å². The maximum absolute atomic E-state index is 12.7. The minimum Gasteiger partial charge on any atom is -0.378 e. The number of amides is 3. The zero-order valence-electron chi connectivity index (χ0n) is 20.5. The van der Waals surface area contributed by atoms with Gasteiger partial charge in [0.15, 0.2) is 16.5 Å². The van der Waals surface area contributed by atoms with Crippen molar-refractivity contribution in [1.29, 1.82) is 0 Å². The molecule has 0 aliphatic carbocycles. The fourth-order valence-corrected chi connectivity index (χ4v) is 4.88. The van der Waals surface area contributed by atoms with Crippen LogP contribution in [0.25, 0.3) is 0 Å². The average molecular weight is 538 g/mol. The van der Waals surface area contributed by atoms with Crippen molar-refractivity contribution < 1.29 is 19.1 Å². The average Bonchev–Trinajstić information content (AvgIpc) is 3.49. The molecule has 2 aliphatic heterocycles. The van der Waals surface area contributed by atoms with Crippen LogP contribution in [0.3, 0.4) is 0 Å². The number of aromatic nitrogens is 4. The summed E-state index contributed by atoms with van der Waals surface area (Å²) in [7, 11) is 0. The molecule has 2 aliphatic rings. The van der Waals surface area contributed by atoms with Gasteiger partial charge in [0.1, 0.15) is 0 Å². The standard InChI is InChI=1S/C24H27N9O4S/c25-19(34)18-20(27-16-5-3-15(4-6-16)23(36)32-9-11-37-12-10-32)29-24(31-30-18)33-8-1-2-17(14-33)28-21(35)22-26-7-13-38-22/h3-7,13,17H,1-2,8-12,14H2,(H2,25,34)(H,28,35)(H,27,29,31). The number of piperidine rings is 1. The third kappa shape index (κ3) is 5.86. The summed E-state index contributed by atoms with van der Waals surface area (Å²) in [5.41, 5.74) is 6.57. The molecule has 2 saturated heterocycles. The Morgan fingerprint density at radius 3 is 2.58 bits per heavy atom. The topological polar surface area (TPSA) is 169 Å². The molecule has 2 aromatic heterocycles. The van der Waals surface area contributed by atoms with Crippen LogP contribution < -0.4 is 21.3 Å². The van der Waals surface area contributed by atoms with Gasteiger partial charge in [0.25, 0.3) is 17.7 Å². The van der Waals surface area contributed by atoms with Gasteiger partial charge in [-0.25, -0.2) is 4.98 Å². The number of carbonyl (C=O) groups is 3. The summed E-state index contributed by atoms with van der Waals surface area (Å²) in [6.07, 6.45) is 3.21. The van der Waals surface area contributed by atoms with Crippen LogP contribution in [-0.2, 0) is 4.74 Å². The molecule has 38 heavy (non-hydrogen) atoms. The van der Waals surface area contributed by atoms with Gasteiger partial charge < -0.3 is 30.9 Å². The highest BCUT2D eigenvalue weighted by Crippen LogP contribution is 2.23. The van der Waals surface area contributed by atoms with Crippen LogP contribution in [0.4, 0.5) is 17.5 Å². The first kappa shape index (κ1) is 25.5. The van der Waals surface area contributed by atoms with Gasteiger partial charge in [0.2, 0.25) is 5.95 Å². The Balaban J connectivity index is 1.29. The highest BCUT2D eigenvalue weighted by atomic mass is 32.1. The summed E-state index contributed by atoms with van der Waals surface area (Å²) in [5.74, 6) is -0.586. The quantitative estimate of drug-likeness (QED) is 0.396. The second-order valence-electron chi connectivity index (χ2n) is 8.88. The highest BCUT2D eigenvalue weighted by Gasteiger charge is 2.26. The number of ether oxygens (including phenoxy) is 1. The Morgan fingerprint density at radius 1 is 1.08 bits per heavy atom. The molecule has 1 aromatic carbocycles. The Hall–Kier alpha value is -4.17. The van der Waals surface area contributed by atoms with Crippen molar-refractivity contribution in [1.82, 2.24) is 30.4 Å². The first-order valence-corrected chi connectivity index (χ1v) is 13.1. The molecule has 198 valence electrons. The second kappa shape index (κ2) is 11.5. The van der Waals surface area contributed by atoms with Gasteiger partial charge in [-0.3, -0.25) is 14.4 Å². The summed E-state index contributed by atoms with van der Waals surface area (Å²) in [4.78, 5) is 49.4. The van der Waals surface area contributed by atoms with E-state index < -0.39 is 5.91 Å². The van der Waals surface area contributed by atoms with Crippen LogP contribution in [0.2, 0.25) is 0 Å². The molecule has 14 heteroatoms. The van der Waals surface area contributed by atoms with Crippen LogP contribution in [0.15, 0.2) is 35.8 Å². The van der Waals surface area contributed by atoms with Gasteiger partial charge in [-0.2, -0.15) is 4.98 Å². The van der Waals surface area contributed by atoms with E-state index in [4.69, 9.17) is 10.5 Å². The number of morpholine rings is 1. The van der Waals surface area contributed by atoms with Crippen molar-refractivity contribution in [2.24, 2.45) is 5.73 Å². The molecule has 4 N–H and O–H groups in total. The Morgan fingerprint density at radius 2 is 1.87 bits per heavy atom. The number of benzene rings is 1. The van der Waals surface area contributed by atoms with Crippen molar-refractivity contribution >= 4 is 46.5 Å². The molecule has 0 bridgehead atoms. The molecule has 3 aromatic rings. The first-order chi connectivity index (χ1) is 18.5. The SMILES string of the molecule is NC(=O)c1nnc(N2CCCC(NC(=O)c3nccs3)C2)nc1Nc1ccc(C(=O)N2CCOCC2)cc1. The fraction of sp³-hybridized carbons (Fsp3) is 0.375. The van der Waals surface area contributed by atoms with Crippen LogP contribution in [0.5, 0.6) is 0 Å². The molecule has 5 rings (SSSR count). The number of hydrogen-bond donors (Lipinski definition) is 3. The number of nitrogens with two attached hydrogens (primary N) is 1. The summed E-state index contributed by atoms with van der Waals surface area (Å²) in [5, 5.41) is 16.4. The second-order valence-corrected chi connectivity index (χ2v) is 9.77. The third-order valence-corrected chi connectivity index (χ3v) is 7.04. The van der Waals surface area contributed by atoms with E-state index in [0.29, 0.717) is 61.6 Å². The molecule has 13 nitrogen and oxygen atoms in total. The lowest BCUT2D eigenvalue weighted by Gasteiger charge is -2.32. The fourth-order valence-electron chi connectivity index (χ4n) is 4.35. The van der Waals surface area contributed by atoms with E-state index in [1.165, 1.54) is 11.3 Å². The molecular weight excluding hydrogens is 510 g/mol. The number of carbonyl (C=O) groups excluding carboxylic acids is 3. The van der Waals surface area contributed by atoms with Crippen molar-refractivity contribution in [3.63, 3.8) is 0 Å². The molecule has 1 unspecified atom stereocenters. The molecule has 4 heterocycles. The van der Waals surface area contributed by atoms with Crippen LogP contribution >= 0.6 is 11.3 Å². The lowest BCUT2D eigenvalue weighted by atomic mass is 10.1. The summed E-state index contributed by atoms with van der Waals surface area (Å²) in [6, 6.07) is 6.75. The zero-order chi connectivity index (χ0) is 26.5. The number of primary amides is 1. The minimum atomic E-state index is -0.773. The Bertz CT molecular complexity index is 1300. The van der Waals surface area contributed by atoms with Gasteiger partial charge >= 0.3 is 0 Å². The molecule has 0 spiro atoms. The van der Waals surface area contributed by atoms with E-state index in [2.05, 4.69) is 30.8 Å². The van der Waals surface area contributed by atoms with E-state index in [1.54, 1.807) is 40.7 Å². The van der Waals surface area contributed by atoms with E-state index in [0.717, 1.165) is 12.8 Å². The molecule has 0 radical (unpaired) electrons. The van der Waals surface area contributed by atoms with Crippen molar-refractivity contribution in [3.8, 4) is 0 Å². The Kier molecular flexibility index (Phi) is 7.70. The lowest BCUT2D eigenvalue weighted by molar-refractivity contribution is 0.0303. The first-order valence-electron chi connectivity index (χ1n) is 12.2. The predicted octanol–water partition coefficient (Wildman–Crippen LogP) is 1.04. The zero-order valence-corrected chi connectivity index (χ0v) is 21.3. The van der Waals surface area contributed by atoms with Crippen molar-refractivity contribution in [2.75, 3.05) is 49.6 Å². The van der Waals surface area contributed by atoms with Crippen molar-refractivity contribution in [3.05, 3.63) is 52.1 Å². The van der Waals surface area contributed by atoms with E-state index in [-0.39, 0.29) is 29.4 Å². The maximum atomic E-state index is 12.7. The summed E-state index contributed by atoms with van der Waals surface area (Å²) >= 11 is 1.28. The lowest BCUT2D eigenvalue weighted by Crippen LogP contribution is -2.48. The van der Waals surface area contributed by atoms with Crippen LogP contribution in [0, 0.1) is 0 Å². The van der Waals surface area contributed by atoms with Crippen LogP contribution in [-0.4, -0.2) is 88.2 Å². The number of rotatable bonds is 7. The van der Waals surface area contributed by atoms with Gasteiger partial charge in [-0.05, 0) is 37.1 Å². The number of nitrogens with zero attached hydrogens (tertiary/aromatic N) is 6. The molecule has 1 atom stereocenters. The smallest absolute Gasteiger partial charge is 0.280 e. The summed E-state index contributed by atoms with van der Waals surface area (Å²) < 4.78 is 5.31. The summed E-state index contributed by atoms with van der Waals surface area (Å²) in [6.45, 7) is 3.32. The minimum absolute atomic E-state index is 0.0646. The molecule has 2 fully saturated rings. The number of thiazole rings is 1. The van der Waals surface area contributed by atoms with E-state index in [9.17, 15) is 14.4 Å². The van der Waals surface area contributed by atoms with Gasteiger partial charge in [-0.1, -0.05) is 0 Å². The highest BCUT2D eigenvalue weighted by molar-refractivity contribution is 7.11. The Labute approximate surface area is 222 Å². The number of nitrogens with one attached hydrogen (secondary N) is 2. The monoisotopic (exact) mass is 537 g/mol. The van der Waals surface area contributed by atoms with Gasteiger partial charge in [-0.15, -0.1) is 21.5 Å². The predicted molar refractivity (Wildman–Crippen MR) is 140 cm³/mol. The largest absolute Gasteiger partial charge is 0.378 e.